The molecule has 2 aromatic rings. The molecule has 0 saturated heterocycles. The van der Waals surface area contributed by atoms with Crippen LogP contribution in [0.15, 0.2) is 24.7 Å². The van der Waals surface area contributed by atoms with Crippen molar-refractivity contribution >= 4 is 0 Å². The van der Waals surface area contributed by atoms with Crippen LogP contribution in [0.4, 0.5) is 0 Å². The van der Waals surface area contributed by atoms with Crippen LogP contribution in [0.5, 0.6) is 0 Å². The summed E-state index contributed by atoms with van der Waals surface area (Å²) in [5, 5.41) is 18.2. The molecule has 80 valence electrons. The van der Waals surface area contributed by atoms with Crippen molar-refractivity contribution in [2.75, 3.05) is 0 Å². The van der Waals surface area contributed by atoms with E-state index in [4.69, 9.17) is 0 Å². The van der Waals surface area contributed by atoms with E-state index in [1.54, 1.807) is 28.0 Å². The molecule has 0 aliphatic rings. The average Bonchev–Trinajstić information content (AvgIpc) is 2.84. The molecule has 15 heavy (non-hydrogen) atoms. The fourth-order valence-electron chi connectivity index (χ4n) is 1.59. The molecule has 0 amide bonds. The van der Waals surface area contributed by atoms with Crippen molar-refractivity contribution in [2.45, 2.75) is 19.6 Å². The molecule has 1 unspecified atom stereocenters. The van der Waals surface area contributed by atoms with Crippen LogP contribution in [0.25, 0.3) is 0 Å². The molecule has 5 heteroatoms. The maximum absolute atomic E-state index is 10.1. The number of nitrogens with zero attached hydrogens (tertiary/aromatic N) is 4. The highest BCUT2D eigenvalue weighted by Gasteiger charge is 2.15. The Morgan fingerprint density at radius 2 is 2.27 bits per heavy atom. The van der Waals surface area contributed by atoms with E-state index in [0.29, 0.717) is 0 Å². The minimum absolute atomic E-state index is 0.652. The molecule has 2 aromatic heterocycles. The second-order valence-corrected chi connectivity index (χ2v) is 3.42. The van der Waals surface area contributed by atoms with E-state index in [1.807, 2.05) is 20.0 Å². The number of hydrogen-bond acceptors (Lipinski definition) is 3. The maximum atomic E-state index is 10.1. The predicted octanol–water partition coefficient (Wildman–Crippen LogP) is 0.718. The Bertz CT molecular complexity index is 446. The van der Waals surface area contributed by atoms with Crippen molar-refractivity contribution in [3.63, 3.8) is 0 Å². The van der Waals surface area contributed by atoms with E-state index in [9.17, 15) is 5.11 Å². The van der Waals surface area contributed by atoms with Crippen LogP contribution in [0.3, 0.4) is 0 Å². The lowest BCUT2D eigenvalue weighted by molar-refractivity contribution is 0.208. The van der Waals surface area contributed by atoms with Gasteiger partial charge in [0.25, 0.3) is 0 Å². The number of aromatic nitrogens is 4. The van der Waals surface area contributed by atoms with E-state index in [-0.39, 0.29) is 0 Å². The lowest BCUT2D eigenvalue weighted by Gasteiger charge is -2.10. The summed E-state index contributed by atoms with van der Waals surface area (Å²) in [4.78, 5) is 0. The normalized spacial score (nSPS) is 13.0. The smallest absolute Gasteiger partial charge is 0.124 e. The number of hydrogen-bond donors (Lipinski definition) is 1. The molecule has 1 N–H and O–H groups in total. The highest BCUT2D eigenvalue weighted by molar-refractivity contribution is 5.20. The summed E-state index contributed by atoms with van der Waals surface area (Å²) in [5.74, 6) is 0. The number of rotatable bonds is 3. The van der Waals surface area contributed by atoms with Gasteiger partial charge in [-0.15, -0.1) is 0 Å². The Labute approximate surface area is 88.0 Å². The molecule has 0 radical (unpaired) electrons. The average molecular weight is 206 g/mol. The van der Waals surface area contributed by atoms with Crippen LogP contribution in [0.1, 0.15) is 24.3 Å². The minimum Gasteiger partial charge on any atom is -0.382 e. The first-order valence-electron chi connectivity index (χ1n) is 4.90. The van der Waals surface area contributed by atoms with Gasteiger partial charge in [-0.25, -0.2) is 0 Å². The van der Waals surface area contributed by atoms with Gasteiger partial charge in [0, 0.05) is 31.5 Å². The van der Waals surface area contributed by atoms with Gasteiger partial charge >= 0.3 is 0 Å². The van der Waals surface area contributed by atoms with Crippen LogP contribution in [-0.4, -0.2) is 24.7 Å². The topological polar surface area (TPSA) is 55.9 Å². The van der Waals surface area contributed by atoms with Gasteiger partial charge in [0.05, 0.1) is 11.9 Å². The zero-order chi connectivity index (χ0) is 10.8. The first-order valence-corrected chi connectivity index (χ1v) is 4.90. The molecule has 0 aliphatic carbocycles. The highest BCUT2D eigenvalue weighted by atomic mass is 16.3. The van der Waals surface area contributed by atoms with Gasteiger partial charge in [0.15, 0.2) is 0 Å². The minimum atomic E-state index is -0.652. The van der Waals surface area contributed by atoms with Crippen LogP contribution in [0, 0.1) is 0 Å². The van der Waals surface area contributed by atoms with Crippen LogP contribution < -0.4 is 0 Å². The first-order chi connectivity index (χ1) is 7.22. The van der Waals surface area contributed by atoms with Crippen molar-refractivity contribution in [3.8, 4) is 0 Å². The molecule has 5 nitrogen and oxygen atoms in total. The van der Waals surface area contributed by atoms with Gasteiger partial charge in [-0.2, -0.15) is 10.2 Å². The quantitative estimate of drug-likeness (QED) is 0.805. The number of aryl methyl sites for hydroxylation is 2. The van der Waals surface area contributed by atoms with Gasteiger partial charge in [-0.3, -0.25) is 9.36 Å². The summed E-state index contributed by atoms with van der Waals surface area (Å²) in [5.41, 5.74) is 1.58. The van der Waals surface area contributed by atoms with Gasteiger partial charge < -0.3 is 5.11 Å². The van der Waals surface area contributed by atoms with Crippen molar-refractivity contribution in [2.24, 2.45) is 7.05 Å². The van der Waals surface area contributed by atoms with Gasteiger partial charge in [0.1, 0.15) is 6.10 Å². The Morgan fingerprint density at radius 1 is 1.47 bits per heavy atom. The van der Waals surface area contributed by atoms with Crippen molar-refractivity contribution in [3.05, 3.63) is 35.9 Å². The Kier molecular flexibility index (Phi) is 2.55. The standard InChI is InChI=1S/C10H14N4O/c1-3-14-9(4-5-11-14)10(15)8-6-12-13(2)7-8/h4-7,10,15H,3H2,1-2H3. The summed E-state index contributed by atoms with van der Waals surface area (Å²) in [7, 11) is 1.83. The van der Waals surface area contributed by atoms with Crippen LogP contribution in [0.2, 0.25) is 0 Å². The number of aliphatic hydroxyl groups is 1. The largest absolute Gasteiger partial charge is 0.382 e. The summed E-state index contributed by atoms with van der Waals surface area (Å²) >= 11 is 0. The fourth-order valence-corrected chi connectivity index (χ4v) is 1.59. The third kappa shape index (κ3) is 1.78. The second-order valence-electron chi connectivity index (χ2n) is 3.42. The van der Waals surface area contributed by atoms with E-state index in [1.165, 1.54) is 0 Å². The molecule has 0 saturated carbocycles. The third-order valence-corrected chi connectivity index (χ3v) is 2.37. The molecule has 0 aromatic carbocycles. The van der Waals surface area contributed by atoms with Crippen LogP contribution in [-0.2, 0) is 13.6 Å². The summed E-state index contributed by atoms with van der Waals surface area (Å²) < 4.78 is 3.45. The molecule has 2 heterocycles. The molecule has 0 spiro atoms. The molecular weight excluding hydrogens is 192 g/mol. The maximum Gasteiger partial charge on any atom is 0.124 e. The van der Waals surface area contributed by atoms with E-state index in [2.05, 4.69) is 10.2 Å². The van der Waals surface area contributed by atoms with Gasteiger partial charge in [-0.05, 0) is 13.0 Å². The summed E-state index contributed by atoms with van der Waals surface area (Å²) in [6, 6.07) is 1.82. The van der Waals surface area contributed by atoms with E-state index in [0.717, 1.165) is 17.8 Å². The molecule has 2 rings (SSSR count). The Balaban J connectivity index is 2.31. The zero-order valence-electron chi connectivity index (χ0n) is 8.83. The van der Waals surface area contributed by atoms with Crippen molar-refractivity contribution < 1.29 is 5.11 Å². The van der Waals surface area contributed by atoms with Crippen molar-refractivity contribution in [1.29, 1.82) is 0 Å². The summed E-state index contributed by atoms with van der Waals surface area (Å²) in [6.07, 6.45) is 4.51. The number of aliphatic hydroxyl groups excluding tert-OH is 1. The second kappa shape index (κ2) is 3.86. The highest BCUT2D eigenvalue weighted by Crippen LogP contribution is 2.20. The summed E-state index contributed by atoms with van der Waals surface area (Å²) in [6.45, 7) is 2.74. The van der Waals surface area contributed by atoms with Gasteiger partial charge in [0.2, 0.25) is 0 Å². The molecule has 0 bridgehead atoms. The molecule has 1 atom stereocenters. The Morgan fingerprint density at radius 3 is 2.87 bits per heavy atom. The lowest BCUT2D eigenvalue weighted by Crippen LogP contribution is -2.08. The van der Waals surface area contributed by atoms with E-state index < -0.39 is 6.10 Å². The monoisotopic (exact) mass is 206 g/mol. The lowest BCUT2D eigenvalue weighted by atomic mass is 10.1. The first kappa shape index (κ1) is 9.92. The molecule has 0 aliphatic heterocycles. The van der Waals surface area contributed by atoms with Crippen molar-refractivity contribution in [1.82, 2.24) is 19.6 Å². The van der Waals surface area contributed by atoms with Gasteiger partial charge in [-0.1, -0.05) is 0 Å². The fraction of sp³-hybridized carbons (Fsp3) is 0.400. The zero-order valence-corrected chi connectivity index (χ0v) is 8.83. The predicted molar refractivity (Wildman–Crippen MR) is 55.2 cm³/mol. The molecular formula is C10H14N4O. The SMILES string of the molecule is CCn1nccc1C(O)c1cnn(C)c1. The van der Waals surface area contributed by atoms with E-state index >= 15 is 0 Å². The third-order valence-electron chi connectivity index (χ3n) is 2.37. The Hall–Kier alpha value is -1.62. The molecule has 0 fully saturated rings. The van der Waals surface area contributed by atoms with Crippen LogP contribution >= 0.6 is 0 Å².